The van der Waals surface area contributed by atoms with Gasteiger partial charge in [0.25, 0.3) is 0 Å². The van der Waals surface area contributed by atoms with Gasteiger partial charge in [-0.3, -0.25) is 0 Å². The molecule has 134 valence electrons. The zero-order valence-corrected chi connectivity index (χ0v) is 14.9. The molecule has 0 spiro atoms. The minimum Gasteiger partial charge on any atom is -0.504 e. The molecule has 1 fully saturated rings. The van der Waals surface area contributed by atoms with E-state index >= 15 is 0 Å². The molecule has 0 amide bonds. The van der Waals surface area contributed by atoms with E-state index in [0.29, 0.717) is 11.5 Å². The van der Waals surface area contributed by atoms with Crippen LogP contribution in [0.2, 0.25) is 0 Å². The molecule has 3 rings (SSSR count). The number of hydrogen-bond donors (Lipinski definition) is 2. The Morgan fingerprint density at radius 2 is 1.16 bits per heavy atom. The molecule has 0 unspecified atom stereocenters. The van der Waals surface area contributed by atoms with Crippen molar-refractivity contribution in [2.75, 3.05) is 14.2 Å². The number of rotatable bonds is 4. The lowest BCUT2D eigenvalue weighted by Crippen LogP contribution is -2.10. The van der Waals surface area contributed by atoms with E-state index in [2.05, 4.69) is 13.8 Å². The highest BCUT2D eigenvalue weighted by molar-refractivity contribution is 5.44. The van der Waals surface area contributed by atoms with Crippen LogP contribution in [-0.2, 0) is 4.74 Å². The lowest BCUT2D eigenvalue weighted by Gasteiger charge is -2.18. The van der Waals surface area contributed by atoms with E-state index in [0.717, 1.165) is 11.1 Å². The minimum atomic E-state index is -0.103. The SMILES string of the molecule is COc1cc([C@H]2O[C@@H](c3ccc(O)c(OC)c3)[C@H](C)[C@H]2C)ccc1O. The van der Waals surface area contributed by atoms with E-state index in [9.17, 15) is 10.2 Å². The predicted molar refractivity (Wildman–Crippen MR) is 94.2 cm³/mol. The Morgan fingerprint density at radius 3 is 1.52 bits per heavy atom. The maximum Gasteiger partial charge on any atom is 0.160 e. The monoisotopic (exact) mass is 344 g/mol. The number of phenols is 2. The molecule has 2 N–H and O–H groups in total. The highest BCUT2D eigenvalue weighted by Gasteiger charge is 2.41. The summed E-state index contributed by atoms with van der Waals surface area (Å²) in [6, 6.07) is 10.6. The van der Waals surface area contributed by atoms with Gasteiger partial charge < -0.3 is 24.4 Å². The third kappa shape index (κ3) is 3.12. The second-order valence-electron chi connectivity index (χ2n) is 6.56. The van der Waals surface area contributed by atoms with Crippen LogP contribution < -0.4 is 9.47 Å². The summed E-state index contributed by atoms with van der Waals surface area (Å²) in [4.78, 5) is 0. The van der Waals surface area contributed by atoms with E-state index < -0.39 is 0 Å². The van der Waals surface area contributed by atoms with Crippen molar-refractivity contribution in [2.45, 2.75) is 26.1 Å². The van der Waals surface area contributed by atoms with Crippen molar-refractivity contribution in [3.8, 4) is 23.0 Å². The first-order valence-electron chi connectivity index (χ1n) is 8.35. The number of hydrogen-bond acceptors (Lipinski definition) is 5. The second-order valence-corrected chi connectivity index (χ2v) is 6.56. The van der Waals surface area contributed by atoms with Gasteiger partial charge in [-0.15, -0.1) is 0 Å². The molecule has 2 aromatic carbocycles. The molecule has 1 heterocycles. The van der Waals surface area contributed by atoms with Gasteiger partial charge in [0.05, 0.1) is 26.4 Å². The van der Waals surface area contributed by atoms with Gasteiger partial charge in [0, 0.05) is 0 Å². The second kappa shape index (κ2) is 6.84. The van der Waals surface area contributed by atoms with Crippen molar-refractivity contribution < 1.29 is 24.4 Å². The van der Waals surface area contributed by atoms with Crippen LogP contribution in [0.15, 0.2) is 36.4 Å². The molecule has 1 aliphatic rings. The molecule has 1 saturated heterocycles. The van der Waals surface area contributed by atoms with Crippen LogP contribution in [0, 0.1) is 11.8 Å². The van der Waals surface area contributed by atoms with Crippen molar-refractivity contribution in [1.29, 1.82) is 0 Å². The van der Waals surface area contributed by atoms with Gasteiger partial charge in [0.15, 0.2) is 23.0 Å². The quantitative estimate of drug-likeness (QED) is 0.870. The third-order valence-corrected chi connectivity index (χ3v) is 5.14. The molecular weight excluding hydrogens is 320 g/mol. The maximum absolute atomic E-state index is 9.81. The van der Waals surface area contributed by atoms with E-state index in [-0.39, 0.29) is 35.5 Å². The standard InChI is InChI=1S/C20H24O5/c1-11-12(2)20(14-6-8-16(22)18(10-14)24-4)25-19(11)13-5-7-15(21)17(9-13)23-3/h5-12,19-22H,1-4H3/t11-,12-,19-,20+/m1/s1. The zero-order chi connectivity index (χ0) is 18.1. The first-order chi connectivity index (χ1) is 12.0. The van der Waals surface area contributed by atoms with Gasteiger partial charge in [-0.2, -0.15) is 0 Å². The normalized spacial score (nSPS) is 25.8. The van der Waals surface area contributed by atoms with E-state index in [1.54, 1.807) is 12.1 Å². The fourth-order valence-corrected chi connectivity index (χ4v) is 3.46. The Bertz CT molecular complexity index is 694. The molecule has 5 heteroatoms. The molecule has 0 aromatic heterocycles. The maximum atomic E-state index is 9.81. The van der Waals surface area contributed by atoms with E-state index in [1.165, 1.54) is 14.2 Å². The Labute approximate surface area is 147 Å². The minimum absolute atomic E-state index is 0.103. The molecule has 0 aliphatic carbocycles. The summed E-state index contributed by atoms with van der Waals surface area (Å²) in [7, 11) is 3.07. The fourth-order valence-electron chi connectivity index (χ4n) is 3.46. The molecule has 25 heavy (non-hydrogen) atoms. The fraction of sp³-hybridized carbons (Fsp3) is 0.400. The van der Waals surface area contributed by atoms with Gasteiger partial charge in [0.2, 0.25) is 0 Å². The molecule has 5 nitrogen and oxygen atoms in total. The van der Waals surface area contributed by atoms with Crippen LogP contribution in [0.5, 0.6) is 23.0 Å². The lowest BCUT2D eigenvalue weighted by atomic mass is 9.85. The van der Waals surface area contributed by atoms with Crippen molar-refractivity contribution in [2.24, 2.45) is 11.8 Å². The van der Waals surface area contributed by atoms with E-state index in [4.69, 9.17) is 14.2 Å². The lowest BCUT2D eigenvalue weighted by molar-refractivity contribution is 0.0288. The summed E-state index contributed by atoms with van der Waals surface area (Å²) >= 11 is 0. The van der Waals surface area contributed by atoms with Crippen LogP contribution in [0.4, 0.5) is 0 Å². The van der Waals surface area contributed by atoms with Crippen LogP contribution in [0.1, 0.15) is 37.2 Å². The van der Waals surface area contributed by atoms with Gasteiger partial charge in [-0.25, -0.2) is 0 Å². The first-order valence-corrected chi connectivity index (χ1v) is 8.35. The van der Waals surface area contributed by atoms with Crippen LogP contribution in [0.3, 0.4) is 0 Å². The van der Waals surface area contributed by atoms with Gasteiger partial charge in [-0.1, -0.05) is 26.0 Å². The van der Waals surface area contributed by atoms with Gasteiger partial charge >= 0.3 is 0 Å². The Morgan fingerprint density at radius 1 is 0.760 bits per heavy atom. The number of phenolic OH excluding ortho intramolecular Hbond substituents is 2. The summed E-state index contributed by atoms with van der Waals surface area (Å²) in [5.74, 6) is 1.67. The van der Waals surface area contributed by atoms with Gasteiger partial charge in [0.1, 0.15) is 0 Å². The summed E-state index contributed by atoms with van der Waals surface area (Å²) in [5, 5.41) is 19.6. The average molecular weight is 344 g/mol. The number of ether oxygens (including phenoxy) is 3. The molecule has 0 bridgehead atoms. The Kier molecular flexibility index (Phi) is 4.77. The molecule has 0 radical (unpaired) electrons. The zero-order valence-electron chi connectivity index (χ0n) is 14.9. The summed E-state index contributed by atoms with van der Waals surface area (Å²) in [5.41, 5.74) is 1.95. The smallest absolute Gasteiger partial charge is 0.160 e. The predicted octanol–water partition coefficient (Wildman–Crippen LogP) is 4.20. The van der Waals surface area contributed by atoms with E-state index in [1.807, 2.05) is 24.3 Å². The van der Waals surface area contributed by atoms with Gasteiger partial charge in [-0.05, 0) is 47.2 Å². The highest BCUT2D eigenvalue weighted by atomic mass is 16.5. The van der Waals surface area contributed by atoms with Crippen molar-refractivity contribution in [3.63, 3.8) is 0 Å². The molecule has 4 atom stereocenters. The molecule has 0 saturated carbocycles. The summed E-state index contributed by atoms with van der Waals surface area (Å²) in [6.07, 6.45) is -0.205. The van der Waals surface area contributed by atoms with Crippen LogP contribution in [-0.4, -0.2) is 24.4 Å². The number of aromatic hydroxyl groups is 2. The number of benzene rings is 2. The average Bonchev–Trinajstić information content (AvgIpc) is 2.91. The molecule has 1 aliphatic heterocycles. The molecular formula is C20H24O5. The molecule has 2 aromatic rings. The van der Waals surface area contributed by atoms with Crippen molar-refractivity contribution >= 4 is 0 Å². The van der Waals surface area contributed by atoms with Crippen LogP contribution in [0.25, 0.3) is 0 Å². The topological polar surface area (TPSA) is 68.2 Å². The van der Waals surface area contributed by atoms with Crippen molar-refractivity contribution in [1.82, 2.24) is 0 Å². The highest BCUT2D eigenvalue weighted by Crippen LogP contribution is 2.50. The summed E-state index contributed by atoms with van der Waals surface area (Å²) in [6.45, 7) is 4.32. The Hall–Kier alpha value is -2.40. The summed E-state index contributed by atoms with van der Waals surface area (Å²) < 4.78 is 16.8. The Balaban J connectivity index is 1.91. The largest absolute Gasteiger partial charge is 0.504 e. The van der Waals surface area contributed by atoms with Crippen molar-refractivity contribution in [3.05, 3.63) is 47.5 Å². The van der Waals surface area contributed by atoms with Crippen LogP contribution >= 0.6 is 0 Å². The number of methoxy groups -OCH3 is 2. The first kappa shape index (κ1) is 17.4. The third-order valence-electron chi connectivity index (χ3n) is 5.14.